The Labute approximate surface area is 150 Å². The molecule has 0 aliphatic heterocycles. The molecular weight excluding hydrogens is 330 g/mol. The normalized spacial score (nSPS) is 11.6. The van der Waals surface area contributed by atoms with Crippen molar-refractivity contribution < 1.29 is 4.79 Å². The fourth-order valence-corrected chi connectivity index (χ4v) is 3.44. The number of benzene rings is 2. The van der Waals surface area contributed by atoms with Crippen LogP contribution in [0.15, 0.2) is 66.7 Å². The third-order valence-corrected chi connectivity index (χ3v) is 4.89. The molecule has 0 fully saturated rings. The van der Waals surface area contributed by atoms with E-state index < -0.39 is 11.9 Å². The number of nitriles is 1. The molecule has 124 valence electrons. The van der Waals surface area contributed by atoms with E-state index in [1.807, 2.05) is 60.7 Å². The molecule has 0 spiro atoms. The summed E-state index contributed by atoms with van der Waals surface area (Å²) >= 11 is 1.47. The van der Waals surface area contributed by atoms with Gasteiger partial charge in [0.05, 0.1) is 0 Å². The van der Waals surface area contributed by atoms with Crippen LogP contribution in [0.4, 0.5) is 0 Å². The quantitative estimate of drug-likeness (QED) is 0.715. The summed E-state index contributed by atoms with van der Waals surface area (Å²) in [6.07, 6.45) is 0. The zero-order chi connectivity index (χ0) is 17.6. The number of nitrogens with zero attached hydrogens (tertiary/aromatic N) is 1. The van der Waals surface area contributed by atoms with Crippen molar-refractivity contribution in [3.05, 3.63) is 82.7 Å². The highest BCUT2D eigenvalue weighted by Crippen LogP contribution is 2.28. The molecule has 0 unspecified atom stereocenters. The van der Waals surface area contributed by atoms with Gasteiger partial charge in [-0.2, -0.15) is 5.26 Å². The molecule has 4 nitrogen and oxygen atoms in total. The van der Waals surface area contributed by atoms with Gasteiger partial charge < -0.3 is 5.73 Å². The first-order valence-electron chi connectivity index (χ1n) is 7.84. The lowest BCUT2D eigenvalue weighted by Crippen LogP contribution is -2.33. The van der Waals surface area contributed by atoms with E-state index in [0.29, 0.717) is 11.4 Å². The predicted molar refractivity (Wildman–Crippen MR) is 99.7 cm³/mol. The van der Waals surface area contributed by atoms with Crippen LogP contribution in [0, 0.1) is 11.3 Å². The predicted octanol–water partition coefficient (Wildman–Crippen LogP) is 3.60. The van der Waals surface area contributed by atoms with E-state index in [1.165, 1.54) is 11.3 Å². The molecule has 2 aromatic carbocycles. The number of primary amides is 1. The van der Waals surface area contributed by atoms with Crippen LogP contribution in [0.3, 0.4) is 0 Å². The van der Waals surface area contributed by atoms with E-state index in [2.05, 4.69) is 17.5 Å². The first-order chi connectivity index (χ1) is 12.2. The fraction of sp³-hybridized carbons (Fsp3) is 0.100. The minimum atomic E-state index is -0.531. The second kappa shape index (κ2) is 7.75. The summed E-state index contributed by atoms with van der Waals surface area (Å²) in [5.74, 6) is -0.403. The van der Waals surface area contributed by atoms with Crippen LogP contribution in [0.1, 0.15) is 22.0 Å². The summed E-state index contributed by atoms with van der Waals surface area (Å²) in [6.45, 7) is 0.521. The molecule has 1 amide bonds. The van der Waals surface area contributed by atoms with E-state index in [1.54, 1.807) is 0 Å². The second-order valence-electron chi connectivity index (χ2n) is 5.60. The number of nitrogens with one attached hydrogen (secondary N) is 1. The number of hydrogen-bond acceptors (Lipinski definition) is 4. The minimum Gasteiger partial charge on any atom is -0.368 e. The molecule has 1 heterocycles. The van der Waals surface area contributed by atoms with Gasteiger partial charge in [0.15, 0.2) is 0 Å². The minimum absolute atomic E-state index is 0.403. The summed E-state index contributed by atoms with van der Waals surface area (Å²) in [4.78, 5) is 13.5. The monoisotopic (exact) mass is 347 g/mol. The van der Waals surface area contributed by atoms with E-state index in [9.17, 15) is 4.79 Å². The van der Waals surface area contributed by atoms with E-state index in [0.717, 1.165) is 21.6 Å². The molecule has 3 rings (SSSR count). The number of hydrogen-bond donors (Lipinski definition) is 2. The Bertz CT molecular complexity index is 912. The van der Waals surface area contributed by atoms with E-state index in [4.69, 9.17) is 11.0 Å². The molecule has 0 aliphatic rings. The lowest BCUT2D eigenvalue weighted by molar-refractivity contribution is -0.120. The van der Waals surface area contributed by atoms with Gasteiger partial charge in [0.2, 0.25) is 5.91 Å². The van der Waals surface area contributed by atoms with Gasteiger partial charge in [-0.15, -0.1) is 11.3 Å². The average Bonchev–Trinajstić information content (AvgIpc) is 3.12. The molecule has 5 heteroatoms. The van der Waals surface area contributed by atoms with Crippen LogP contribution in [0.5, 0.6) is 0 Å². The highest BCUT2D eigenvalue weighted by atomic mass is 32.1. The van der Waals surface area contributed by atoms with Crippen molar-refractivity contribution in [2.24, 2.45) is 5.73 Å². The van der Waals surface area contributed by atoms with Gasteiger partial charge in [0, 0.05) is 11.4 Å². The van der Waals surface area contributed by atoms with Crippen molar-refractivity contribution in [2.45, 2.75) is 12.6 Å². The molecule has 1 atom stereocenters. The summed E-state index contributed by atoms with van der Waals surface area (Å²) in [5, 5.41) is 12.2. The molecule has 0 bridgehead atoms. The van der Waals surface area contributed by atoms with Gasteiger partial charge >= 0.3 is 0 Å². The Morgan fingerprint density at radius 2 is 1.92 bits per heavy atom. The lowest BCUT2D eigenvalue weighted by atomic mass is 10.1. The van der Waals surface area contributed by atoms with Gasteiger partial charge in [-0.1, -0.05) is 48.5 Å². The van der Waals surface area contributed by atoms with Crippen molar-refractivity contribution in [3.8, 4) is 16.5 Å². The van der Waals surface area contributed by atoms with Crippen molar-refractivity contribution >= 4 is 17.2 Å². The van der Waals surface area contributed by atoms with E-state index >= 15 is 0 Å². The maximum absolute atomic E-state index is 11.8. The summed E-state index contributed by atoms with van der Waals surface area (Å²) in [7, 11) is 0. The zero-order valence-corrected chi connectivity index (χ0v) is 14.3. The number of thiophene rings is 1. The van der Waals surface area contributed by atoms with Crippen molar-refractivity contribution in [1.29, 1.82) is 5.26 Å². The summed E-state index contributed by atoms with van der Waals surface area (Å²) < 4.78 is 0. The number of nitrogens with two attached hydrogens (primary N) is 1. The highest BCUT2D eigenvalue weighted by Gasteiger charge is 2.16. The Balaban J connectivity index is 1.75. The Morgan fingerprint density at radius 3 is 2.60 bits per heavy atom. The molecule has 0 saturated carbocycles. The third kappa shape index (κ3) is 4.13. The van der Waals surface area contributed by atoms with Gasteiger partial charge in [-0.05, 0) is 34.9 Å². The zero-order valence-electron chi connectivity index (χ0n) is 13.5. The fourth-order valence-electron chi connectivity index (χ4n) is 2.64. The standard InChI is InChI=1S/C20H17N3OS/c21-12-17-9-10-18(25-17)16-8-4-5-14(11-16)13-23-19(20(22)24)15-6-2-1-3-7-15/h1-11,19,23H,13H2,(H2,22,24)/t19-/m0/s1. The average molecular weight is 347 g/mol. The largest absolute Gasteiger partial charge is 0.368 e. The Kier molecular flexibility index (Phi) is 5.24. The summed E-state index contributed by atoms with van der Waals surface area (Å²) in [6, 6.07) is 22.9. The highest BCUT2D eigenvalue weighted by molar-refractivity contribution is 7.16. The van der Waals surface area contributed by atoms with Gasteiger partial charge in [-0.3, -0.25) is 10.1 Å². The van der Waals surface area contributed by atoms with E-state index in [-0.39, 0.29) is 0 Å². The molecule has 3 aromatic rings. The van der Waals surface area contributed by atoms with Crippen molar-refractivity contribution in [3.63, 3.8) is 0 Å². The van der Waals surface area contributed by atoms with Crippen LogP contribution in [0.2, 0.25) is 0 Å². The van der Waals surface area contributed by atoms with Gasteiger partial charge in [0.25, 0.3) is 0 Å². The van der Waals surface area contributed by atoms with Crippen LogP contribution in [0.25, 0.3) is 10.4 Å². The third-order valence-electron chi connectivity index (χ3n) is 3.86. The number of amides is 1. The van der Waals surface area contributed by atoms with Gasteiger partial charge in [0.1, 0.15) is 17.0 Å². The number of rotatable bonds is 6. The van der Waals surface area contributed by atoms with Crippen LogP contribution in [-0.2, 0) is 11.3 Å². The molecule has 3 N–H and O–H groups in total. The first-order valence-corrected chi connectivity index (χ1v) is 8.66. The molecule has 1 aromatic heterocycles. The molecule has 25 heavy (non-hydrogen) atoms. The number of carbonyl (C=O) groups excluding carboxylic acids is 1. The molecule has 0 radical (unpaired) electrons. The Hall–Kier alpha value is -2.94. The molecule has 0 aliphatic carbocycles. The van der Waals surface area contributed by atoms with Crippen LogP contribution >= 0.6 is 11.3 Å². The van der Waals surface area contributed by atoms with Crippen LogP contribution in [-0.4, -0.2) is 5.91 Å². The molecular formula is C20H17N3OS. The maximum Gasteiger partial charge on any atom is 0.239 e. The Morgan fingerprint density at radius 1 is 1.12 bits per heavy atom. The number of carbonyl (C=O) groups is 1. The van der Waals surface area contributed by atoms with Crippen molar-refractivity contribution in [2.75, 3.05) is 0 Å². The van der Waals surface area contributed by atoms with Crippen molar-refractivity contribution in [1.82, 2.24) is 5.32 Å². The second-order valence-corrected chi connectivity index (χ2v) is 6.69. The SMILES string of the molecule is N#Cc1ccc(-c2cccc(CN[C@H](C(N)=O)c3ccccc3)c2)s1. The smallest absolute Gasteiger partial charge is 0.239 e. The molecule has 0 saturated heterocycles. The maximum atomic E-state index is 11.8. The topological polar surface area (TPSA) is 78.9 Å². The van der Waals surface area contributed by atoms with Gasteiger partial charge in [-0.25, -0.2) is 0 Å². The first kappa shape index (κ1) is 16.9. The van der Waals surface area contributed by atoms with Crippen LogP contribution < -0.4 is 11.1 Å². The lowest BCUT2D eigenvalue weighted by Gasteiger charge is -2.16. The summed E-state index contributed by atoms with van der Waals surface area (Å²) in [5.41, 5.74) is 8.50.